The van der Waals surface area contributed by atoms with Crippen LogP contribution >= 0.6 is 0 Å². The van der Waals surface area contributed by atoms with E-state index in [0.29, 0.717) is 12.0 Å². The summed E-state index contributed by atoms with van der Waals surface area (Å²) in [5.41, 5.74) is 2.42. The number of benzene rings is 1. The minimum Gasteiger partial charge on any atom is -0.371 e. The predicted octanol–water partition coefficient (Wildman–Crippen LogP) is 5.50. The van der Waals surface area contributed by atoms with Crippen molar-refractivity contribution in [3.63, 3.8) is 0 Å². The molecule has 30 heavy (non-hydrogen) atoms. The number of carbonyl (C=O) groups is 2. The summed E-state index contributed by atoms with van der Waals surface area (Å²) in [7, 11) is 0. The maximum atomic E-state index is 13.2. The average Bonchev–Trinajstić information content (AvgIpc) is 2.75. The molecule has 2 aliphatic rings. The van der Waals surface area contributed by atoms with Crippen LogP contribution in [-0.4, -0.2) is 30.9 Å². The zero-order chi connectivity index (χ0) is 21.3. The van der Waals surface area contributed by atoms with Crippen LogP contribution in [0.1, 0.15) is 94.8 Å². The Labute approximate surface area is 182 Å². The Kier molecular flexibility index (Phi) is 8.59. The highest BCUT2D eigenvalue weighted by atomic mass is 16.2. The van der Waals surface area contributed by atoms with Crippen LogP contribution in [0.3, 0.4) is 0 Å². The first kappa shape index (κ1) is 22.6. The van der Waals surface area contributed by atoms with Gasteiger partial charge in [-0.2, -0.15) is 0 Å². The topological polar surface area (TPSA) is 61.4 Å². The Hall–Kier alpha value is -2.04. The molecule has 5 nitrogen and oxygen atoms in total. The molecular weight excluding hydrogens is 374 g/mol. The van der Waals surface area contributed by atoms with E-state index in [-0.39, 0.29) is 17.9 Å². The summed E-state index contributed by atoms with van der Waals surface area (Å²) < 4.78 is 0. The summed E-state index contributed by atoms with van der Waals surface area (Å²) in [6.45, 7) is 6.39. The van der Waals surface area contributed by atoms with Crippen molar-refractivity contribution in [1.82, 2.24) is 5.32 Å². The second-order valence-corrected chi connectivity index (χ2v) is 9.22. The van der Waals surface area contributed by atoms with E-state index in [1.165, 1.54) is 19.3 Å². The summed E-state index contributed by atoms with van der Waals surface area (Å²) in [4.78, 5) is 27.9. The minimum absolute atomic E-state index is 0.00222. The number of anilines is 2. The Balaban J connectivity index is 1.75. The maximum Gasteiger partial charge on any atom is 0.253 e. The van der Waals surface area contributed by atoms with Crippen LogP contribution in [0.4, 0.5) is 11.4 Å². The molecule has 1 aliphatic heterocycles. The first-order valence-corrected chi connectivity index (χ1v) is 12.1. The zero-order valence-corrected chi connectivity index (χ0v) is 18.8. The summed E-state index contributed by atoms with van der Waals surface area (Å²) in [5.74, 6) is 0.765. The SMILES string of the molecule is CCCCCC(=O)Nc1ccc(N2CCC(C)CC2)c(C(=O)NC2CCCCC2)c1. The molecule has 1 saturated heterocycles. The first-order chi connectivity index (χ1) is 14.6. The summed E-state index contributed by atoms with van der Waals surface area (Å²) in [6.07, 6.45) is 11.7. The third kappa shape index (κ3) is 6.48. The standard InChI is InChI=1S/C25H39N3O2/c1-3-4-6-11-24(29)26-21-12-13-23(28-16-14-19(2)15-17-28)22(18-21)25(30)27-20-9-7-5-8-10-20/h12-13,18-20H,3-11,14-17H2,1-2H3,(H,26,29)(H,27,30). The van der Waals surface area contributed by atoms with Gasteiger partial charge in [0, 0.05) is 36.9 Å². The molecule has 5 heteroatoms. The Morgan fingerprint density at radius 3 is 2.47 bits per heavy atom. The van der Waals surface area contributed by atoms with Gasteiger partial charge in [-0.1, -0.05) is 46.0 Å². The largest absolute Gasteiger partial charge is 0.371 e. The van der Waals surface area contributed by atoms with Crippen LogP contribution < -0.4 is 15.5 Å². The lowest BCUT2D eigenvalue weighted by Crippen LogP contribution is -2.38. The highest BCUT2D eigenvalue weighted by molar-refractivity contribution is 6.02. The molecule has 0 bridgehead atoms. The number of carbonyl (C=O) groups excluding carboxylic acids is 2. The normalized spacial score (nSPS) is 18.3. The van der Waals surface area contributed by atoms with E-state index >= 15 is 0 Å². The average molecular weight is 414 g/mol. The summed E-state index contributed by atoms with van der Waals surface area (Å²) >= 11 is 0. The monoisotopic (exact) mass is 413 g/mol. The number of hydrogen-bond donors (Lipinski definition) is 2. The lowest BCUT2D eigenvalue weighted by molar-refractivity contribution is -0.116. The first-order valence-electron chi connectivity index (χ1n) is 12.1. The van der Waals surface area contributed by atoms with Gasteiger partial charge in [0.2, 0.25) is 5.91 Å². The number of rotatable bonds is 8. The lowest BCUT2D eigenvalue weighted by Gasteiger charge is -2.34. The van der Waals surface area contributed by atoms with E-state index in [9.17, 15) is 9.59 Å². The number of hydrogen-bond acceptors (Lipinski definition) is 3. The van der Waals surface area contributed by atoms with Gasteiger partial charge in [0.25, 0.3) is 5.91 Å². The van der Waals surface area contributed by atoms with Gasteiger partial charge in [0.15, 0.2) is 0 Å². The minimum atomic E-state index is -0.00222. The highest BCUT2D eigenvalue weighted by Gasteiger charge is 2.24. The van der Waals surface area contributed by atoms with Gasteiger partial charge in [0.05, 0.1) is 5.56 Å². The van der Waals surface area contributed by atoms with Crippen molar-refractivity contribution in [3.05, 3.63) is 23.8 Å². The van der Waals surface area contributed by atoms with E-state index in [1.807, 2.05) is 18.2 Å². The predicted molar refractivity (Wildman–Crippen MR) is 124 cm³/mol. The maximum absolute atomic E-state index is 13.2. The number of nitrogens with one attached hydrogen (secondary N) is 2. The number of nitrogens with zero attached hydrogens (tertiary/aromatic N) is 1. The molecule has 0 spiro atoms. The molecule has 166 valence electrons. The molecule has 3 rings (SSSR count). The molecular formula is C25H39N3O2. The Morgan fingerprint density at radius 1 is 1.03 bits per heavy atom. The fraction of sp³-hybridized carbons (Fsp3) is 0.680. The van der Waals surface area contributed by atoms with E-state index in [0.717, 1.165) is 75.3 Å². The molecule has 1 heterocycles. The molecule has 2 N–H and O–H groups in total. The highest BCUT2D eigenvalue weighted by Crippen LogP contribution is 2.29. The van der Waals surface area contributed by atoms with Crippen LogP contribution in [0, 0.1) is 5.92 Å². The lowest BCUT2D eigenvalue weighted by atomic mass is 9.95. The summed E-state index contributed by atoms with van der Waals surface area (Å²) in [6, 6.07) is 6.12. The molecule has 0 atom stereocenters. The van der Waals surface area contributed by atoms with E-state index in [1.54, 1.807) is 0 Å². The van der Waals surface area contributed by atoms with E-state index in [4.69, 9.17) is 0 Å². The molecule has 0 radical (unpaired) electrons. The van der Waals surface area contributed by atoms with Crippen LogP contribution in [0.2, 0.25) is 0 Å². The van der Waals surface area contributed by atoms with Crippen molar-refractivity contribution in [3.8, 4) is 0 Å². The zero-order valence-electron chi connectivity index (χ0n) is 18.8. The van der Waals surface area contributed by atoms with Crippen molar-refractivity contribution in [2.75, 3.05) is 23.3 Å². The number of amides is 2. The molecule has 1 saturated carbocycles. The fourth-order valence-electron chi connectivity index (χ4n) is 4.59. The van der Waals surface area contributed by atoms with Gasteiger partial charge in [-0.05, 0) is 56.2 Å². The second kappa shape index (κ2) is 11.4. The molecule has 2 fully saturated rings. The van der Waals surface area contributed by atoms with Crippen LogP contribution in [0.25, 0.3) is 0 Å². The second-order valence-electron chi connectivity index (χ2n) is 9.22. The molecule has 0 aromatic heterocycles. The van der Waals surface area contributed by atoms with Gasteiger partial charge in [-0.15, -0.1) is 0 Å². The van der Waals surface area contributed by atoms with Crippen molar-refractivity contribution in [1.29, 1.82) is 0 Å². The smallest absolute Gasteiger partial charge is 0.253 e. The third-order valence-corrected chi connectivity index (χ3v) is 6.60. The summed E-state index contributed by atoms with van der Waals surface area (Å²) in [5, 5.41) is 6.27. The van der Waals surface area contributed by atoms with E-state index < -0.39 is 0 Å². The molecule has 0 unspecified atom stereocenters. The quantitative estimate of drug-likeness (QED) is 0.553. The van der Waals surface area contributed by atoms with Crippen molar-refractivity contribution >= 4 is 23.2 Å². The van der Waals surface area contributed by atoms with Crippen LogP contribution in [-0.2, 0) is 4.79 Å². The van der Waals surface area contributed by atoms with Gasteiger partial charge >= 0.3 is 0 Å². The van der Waals surface area contributed by atoms with Gasteiger partial charge in [0.1, 0.15) is 0 Å². The van der Waals surface area contributed by atoms with Crippen molar-refractivity contribution in [2.24, 2.45) is 5.92 Å². The van der Waals surface area contributed by atoms with Crippen molar-refractivity contribution in [2.45, 2.75) is 90.5 Å². The third-order valence-electron chi connectivity index (χ3n) is 6.60. The number of piperidine rings is 1. The number of unbranched alkanes of at least 4 members (excludes halogenated alkanes) is 2. The van der Waals surface area contributed by atoms with Gasteiger partial charge in [-0.3, -0.25) is 9.59 Å². The molecule has 2 amide bonds. The fourth-order valence-corrected chi connectivity index (χ4v) is 4.59. The molecule has 1 aliphatic carbocycles. The van der Waals surface area contributed by atoms with Crippen molar-refractivity contribution < 1.29 is 9.59 Å². The van der Waals surface area contributed by atoms with Crippen LogP contribution in [0.15, 0.2) is 18.2 Å². The van der Waals surface area contributed by atoms with E-state index in [2.05, 4.69) is 29.4 Å². The van der Waals surface area contributed by atoms with Crippen LogP contribution in [0.5, 0.6) is 0 Å². The van der Waals surface area contributed by atoms with Gasteiger partial charge < -0.3 is 15.5 Å². The molecule has 1 aromatic carbocycles. The molecule has 1 aromatic rings. The Morgan fingerprint density at radius 2 is 1.77 bits per heavy atom. The van der Waals surface area contributed by atoms with Gasteiger partial charge in [-0.25, -0.2) is 0 Å². The Bertz CT molecular complexity index is 704.